The van der Waals surface area contributed by atoms with Gasteiger partial charge in [-0.25, -0.2) is 8.42 Å². The molecule has 216 valence electrons. The van der Waals surface area contributed by atoms with Crippen molar-refractivity contribution in [1.82, 2.24) is 4.31 Å². The zero-order valence-corrected chi connectivity index (χ0v) is 22.9. The molecule has 0 saturated heterocycles. The van der Waals surface area contributed by atoms with E-state index in [1.165, 1.54) is 6.07 Å². The number of carboxylic acid groups (broad SMARTS) is 1. The molecule has 2 unspecified atom stereocenters. The zero-order valence-electron chi connectivity index (χ0n) is 22.1. The average Bonchev–Trinajstić information content (AvgIpc) is 2.84. The Bertz CT molecular complexity index is 1280. The molecule has 13 nitrogen and oxygen atoms in total. The van der Waals surface area contributed by atoms with Crippen molar-refractivity contribution in [2.24, 2.45) is 28.1 Å². The van der Waals surface area contributed by atoms with Crippen LogP contribution in [0.3, 0.4) is 0 Å². The largest absolute Gasteiger partial charge is 0.480 e. The molecule has 2 aromatic carbocycles. The molecule has 0 fully saturated rings. The Morgan fingerprint density at radius 1 is 1.03 bits per heavy atom. The number of carbonyl (C=O) groups excluding carboxylic acids is 1. The number of sulfonamides is 1. The quantitative estimate of drug-likeness (QED) is 0.0689. The minimum Gasteiger partial charge on any atom is -0.480 e. The lowest BCUT2D eigenvalue weighted by atomic mass is 9.96. The molecule has 9 N–H and O–H groups in total. The number of anilines is 1. The van der Waals surface area contributed by atoms with Gasteiger partial charge in [-0.15, -0.1) is 0 Å². The predicted molar refractivity (Wildman–Crippen MR) is 148 cm³/mol. The van der Waals surface area contributed by atoms with E-state index in [2.05, 4.69) is 4.99 Å². The van der Waals surface area contributed by atoms with Crippen LogP contribution in [0.25, 0.3) is 10.8 Å². The topological polar surface area (TPSA) is 226 Å². The van der Waals surface area contributed by atoms with Crippen LogP contribution in [0.1, 0.15) is 32.1 Å². The molecule has 0 spiro atoms. The van der Waals surface area contributed by atoms with Gasteiger partial charge in [0.25, 0.3) is 0 Å². The molecule has 3 atom stereocenters. The summed E-state index contributed by atoms with van der Waals surface area (Å²) in [6, 6.07) is 8.07. The highest BCUT2D eigenvalue weighted by Crippen LogP contribution is 2.34. The minimum atomic E-state index is -4.64. The molecule has 0 aliphatic rings. The van der Waals surface area contributed by atoms with Crippen molar-refractivity contribution < 1.29 is 33.3 Å². The molecule has 14 heteroatoms. The Hall–Kier alpha value is -3.46. The van der Waals surface area contributed by atoms with Crippen molar-refractivity contribution in [2.45, 2.75) is 49.3 Å². The fourth-order valence-electron chi connectivity index (χ4n) is 4.55. The van der Waals surface area contributed by atoms with E-state index in [0.29, 0.717) is 15.1 Å². The monoisotopic (exact) mass is 566 g/mol. The number of aliphatic carboxylic acids is 1. The van der Waals surface area contributed by atoms with Gasteiger partial charge in [-0.1, -0.05) is 24.3 Å². The first kappa shape index (κ1) is 31.8. The van der Waals surface area contributed by atoms with E-state index in [-0.39, 0.29) is 56.1 Å². The maximum absolute atomic E-state index is 14.2. The third-order valence-electron chi connectivity index (χ3n) is 6.28. The van der Waals surface area contributed by atoms with Gasteiger partial charge >= 0.3 is 5.97 Å². The fraction of sp³-hybridized carbons (Fsp3) is 0.480. The summed E-state index contributed by atoms with van der Waals surface area (Å²) in [5.74, 6) is -3.07. The number of aliphatic imine (C=N–C) groups is 1. The molecule has 0 aliphatic carbocycles. The number of nitrogens with zero attached hydrogens (tertiary/aromatic N) is 3. The molecule has 1 amide bonds. The molecule has 2 aromatic rings. The molecule has 0 saturated carbocycles. The van der Waals surface area contributed by atoms with Crippen LogP contribution in [0.4, 0.5) is 5.69 Å². The second-order valence-electron chi connectivity index (χ2n) is 9.43. The highest BCUT2D eigenvalue weighted by molar-refractivity contribution is 7.89. The van der Waals surface area contributed by atoms with Crippen LogP contribution in [0.5, 0.6) is 0 Å². The summed E-state index contributed by atoms with van der Waals surface area (Å²) in [5.41, 5.74) is 16.7. The first-order valence-corrected chi connectivity index (χ1v) is 13.8. The summed E-state index contributed by atoms with van der Waals surface area (Å²) in [6.07, 6.45) is -2.45. The number of benzene rings is 2. The molecule has 0 heterocycles. The van der Waals surface area contributed by atoms with Crippen molar-refractivity contribution in [3.63, 3.8) is 0 Å². The number of carbonyl (C=O) groups is 2. The Labute approximate surface area is 227 Å². The smallest absolute Gasteiger partial charge is 0.322 e. The van der Waals surface area contributed by atoms with E-state index in [0.717, 1.165) is 5.69 Å². The maximum Gasteiger partial charge on any atom is 0.322 e. The van der Waals surface area contributed by atoms with Crippen molar-refractivity contribution in [2.75, 3.05) is 32.1 Å². The Kier molecular flexibility index (Phi) is 11.5. The number of hydrogen-bond acceptors (Lipinski definition) is 8. The van der Waals surface area contributed by atoms with E-state index >= 15 is 0 Å². The highest BCUT2D eigenvalue weighted by Gasteiger charge is 2.41. The number of amides is 1. The SMILES string of the molecule is CN(C)c1cccc2c(S(=O)(=O)N(C(O)CC(CCO)CC(N)=O)[C@@H](CCCN=C(N)N)C(=O)O)cccc12. The van der Waals surface area contributed by atoms with Crippen LogP contribution in [0.15, 0.2) is 46.3 Å². The number of fused-ring (bicyclic) bond motifs is 1. The fourth-order valence-corrected chi connectivity index (χ4v) is 6.42. The van der Waals surface area contributed by atoms with Gasteiger partial charge in [0.15, 0.2) is 5.96 Å². The Morgan fingerprint density at radius 3 is 2.23 bits per heavy atom. The van der Waals surface area contributed by atoms with Crippen molar-refractivity contribution >= 4 is 44.3 Å². The van der Waals surface area contributed by atoms with Crippen LogP contribution in [-0.2, 0) is 19.6 Å². The zero-order chi connectivity index (χ0) is 29.3. The lowest BCUT2D eigenvalue weighted by molar-refractivity contribution is -0.145. The van der Waals surface area contributed by atoms with Crippen molar-refractivity contribution in [1.29, 1.82) is 0 Å². The number of nitrogens with two attached hydrogens (primary N) is 3. The van der Waals surface area contributed by atoms with E-state index < -0.39 is 40.1 Å². The summed E-state index contributed by atoms with van der Waals surface area (Å²) in [7, 11) is -1.02. The summed E-state index contributed by atoms with van der Waals surface area (Å²) < 4.78 is 29.0. The molecule has 0 bridgehead atoms. The summed E-state index contributed by atoms with van der Waals surface area (Å²) >= 11 is 0. The third kappa shape index (κ3) is 8.26. The van der Waals surface area contributed by atoms with Gasteiger partial charge in [-0.3, -0.25) is 14.6 Å². The van der Waals surface area contributed by atoms with Crippen LogP contribution in [-0.4, -0.2) is 85.4 Å². The summed E-state index contributed by atoms with van der Waals surface area (Å²) in [6.45, 7) is -0.291. The molecular weight excluding hydrogens is 528 g/mol. The number of aliphatic hydroxyl groups is 2. The summed E-state index contributed by atoms with van der Waals surface area (Å²) in [5, 5.41) is 31.7. The maximum atomic E-state index is 14.2. The normalized spacial score (nSPS) is 14.1. The predicted octanol–water partition coefficient (Wildman–Crippen LogP) is -0.0142. The molecule has 0 aromatic heterocycles. The van der Waals surface area contributed by atoms with Gasteiger partial charge in [0, 0.05) is 50.1 Å². The number of rotatable bonds is 16. The first-order valence-electron chi connectivity index (χ1n) is 12.4. The Balaban J connectivity index is 2.67. The van der Waals surface area contributed by atoms with Crippen LogP contribution >= 0.6 is 0 Å². The van der Waals surface area contributed by atoms with E-state index in [1.807, 2.05) is 25.1 Å². The second-order valence-corrected chi connectivity index (χ2v) is 11.2. The van der Waals surface area contributed by atoms with Gasteiger partial charge < -0.3 is 37.4 Å². The van der Waals surface area contributed by atoms with Gasteiger partial charge in [0.05, 0.1) is 4.90 Å². The highest BCUT2D eigenvalue weighted by atomic mass is 32.2. The molecule has 0 aliphatic heterocycles. The standard InChI is InChI=1S/C25H38N6O7S/c1-30(2)19-8-3-7-18-17(19)6-4-10-21(18)39(37,38)31(20(24(35)36)9-5-12-29-25(27)28)23(34)15-16(11-13-32)14-22(26)33/h3-4,6-8,10,16,20,23,32,34H,5,9,11-15H2,1-2H3,(H2,26,33)(H,35,36)(H4,27,28,29)/t16?,20-,23?/m0/s1. The van der Waals surface area contributed by atoms with E-state index in [1.54, 1.807) is 24.3 Å². The van der Waals surface area contributed by atoms with E-state index in [4.69, 9.17) is 17.2 Å². The van der Waals surface area contributed by atoms with Crippen LogP contribution in [0, 0.1) is 5.92 Å². The minimum absolute atomic E-state index is 0.0470. The van der Waals surface area contributed by atoms with Gasteiger partial charge in [0.1, 0.15) is 12.3 Å². The lowest BCUT2D eigenvalue weighted by Crippen LogP contribution is -2.51. The molecule has 2 rings (SSSR count). The lowest BCUT2D eigenvalue weighted by Gasteiger charge is -2.34. The molecular formula is C25H38N6O7S. The van der Waals surface area contributed by atoms with Crippen LogP contribution in [0.2, 0.25) is 0 Å². The van der Waals surface area contributed by atoms with Gasteiger partial charge in [-0.2, -0.15) is 4.31 Å². The van der Waals surface area contributed by atoms with Crippen molar-refractivity contribution in [3.05, 3.63) is 36.4 Å². The molecule has 0 radical (unpaired) electrons. The second kappa shape index (κ2) is 14.1. The van der Waals surface area contributed by atoms with Crippen LogP contribution < -0.4 is 22.1 Å². The number of primary amides is 1. The average molecular weight is 567 g/mol. The van der Waals surface area contributed by atoms with Gasteiger partial charge in [-0.05, 0) is 43.7 Å². The van der Waals surface area contributed by atoms with Crippen molar-refractivity contribution in [3.8, 4) is 0 Å². The Morgan fingerprint density at radius 2 is 1.67 bits per heavy atom. The summed E-state index contributed by atoms with van der Waals surface area (Å²) in [4.78, 5) is 29.4. The third-order valence-corrected chi connectivity index (χ3v) is 8.25. The number of hydrogen-bond donors (Lipinski definition) is 6. The number of guanidine groups is 1. The van der Waals surface area contributed by atoms with E-state index in [9.17, 15) is 33.3 Å². The van der Waals surface area contributed by atoms with Gasteiger partial charge in [0.2, 0.25) is 15.9 Å². The molecule has 39 heavy (non-hydrogen) atoms. The first-order chi connectivity index (χ1) is 18.3. The number of carboxylic acids is 1. The number of aliphatic hydroxyl groups excluding tert-OH is 2.